The third-order valence-corrected chi connectivity index (χ3v) is 4.80. The van der Waals surface area contributed by atoms with Gasteiger partial charge in [-0.05, 0) is 23.4 Å². The van der Waals surface area contributed by atoms with E-state index in [-0.39, 0.29) is 16.3 Å². The zero-order chi connectivity index (χ0) is 14.6. The van der Waals surface area contributed by atoms with Gasteiger partial charge in [0.1, 0.15) is 4.88 Å². The molecule has 106 valence electrons. The lowest BCUT2D eigenvalue weighted by molar-refractivity contribution is 0.0703. The Bertz CT molecular complexity index is 692. The van der Waals surface area contributed by atoms with E-state index in [0.717, 1.165) is 16.9 Å². The smallest absolute Gasteiger partial charge is 0.348 e. The van der Waals surface area contributed by atoms with E-state index in [1.54, 1.807) is 5.38 Å². The van der Waals surface area contributed by atoms with Crippen LogP contribution in [0.2, 0.25) is 0 Å². The molecular formula is C13H13NO4S2. The Morgan fingerprint density at radius 1 is 1.20 bits per heavy atom. The summed E-state index contributed by atoms with van der Waals surface area (Å²) in [5.74, 6) is -1.23. The van der Waals surface area contributed by atoms with Crippen LogP contribution in [-0.4, -0.2) is 25.2 Å². The molecule has 0 unspecified atom stereocenters. The first-order valence-corrected chi connectivity index (χ1v) is 8.36. The van der Waals surface area contributed by atoms with Crippen LogP contribution in [0.15, 0.2) is 41.8 Å². The minimum Gasteiger partial charge on any atom is -0.477 e. The van der Waals surface area contributed by atoms with Crippen molar-refractivity contribution >= 4 is 33.0 Å². The van der Waals surface area contributed by atoms with Gasteiger partial charge in [-0.1, -0.05) is 30.3 Å². The van der Waals surface area contributed by atoms with Crippen molar-refractivity contribution in [3.8, 4) is 0 Å². The SMILES string of the molecule is O=C(O)c1sccc1NS(=O)(=O)CCc1ccccc1. The van der Waals surface area contributed by atoms with E-state index in [1.165, 1.54) is 6.07 Å². The minimum atomic E-state index is -3.57. The lowest BCUT2D eigenvalue weighted by Gasteiger charge is -2.07. The van der Waals surface area contributed by atoms with Crippen LogP contribution < -0.4 is 4.72 Å². The summed E-state index contributed by atoms with van der Waals surface area (Å²) in [5.41, 5.74) is 1.04. The lowest BCUT2D eigenvalue weighted by Crippen LogP contribution is -2.19. The molecule has 2 rings (SSSR count). The van der Waals surface area contributed by atoms with Gasteiger partial charge < -0.3 is 5.11 Å². The topological polar surface area (TPSA) is 83.5 Å². The molecule has 0 aliphatic rings. The number of rotatable bonds is 6. The quantitative estimate of drug-likeness (QED) is 0.858. The highest BCUT2D eigenvalue weighted by Crippen LogP contribution is 2.23. The fourth-order valence-electron chi connectivity index (χ4n) is 1.67. The van der Waals surface area contributed by atoms with E-state index in [4.69, 9.17) is 5.11 Å². The van der Waals surface area contributed by atoms with Crippen LogP contribution in [0.5, 0.6) is 0 Å². The highest BCUT2D eigenvalue weighted by atomic mass is 32.2. The fourth-order valence-corrected chi connectivity index (χ4v) is 3.53. The Hall–Kier alpha value is -1.86. The summed E-state index contributed by atoms with van der Waals surface area (Å²) in [4.78, 5) is 10.9. The highest BCUT2D eigenvalue weighted by Gasteiger charge is 2.17. The second-order valence-electron chi connectivity index (χ2n) is 4.13. The Labute approximate surface area is 120 Å². The molecule has 0 atom stereocenters. The van der Waals surface area contributed by atoms with E-state index in [2.05, 4.69) is 4.72 Å². The van der Waals surface area contributed by atoms with Crippen LogP contribution in [0.4, 0.5) is 5.69 Å². The van der Waals surface area contributed by atoms with Crippen molar-refractivity contribution in [1.29, 1.82) is 0 Å². The van der Waals surface area contributed by atoms with Gasteiger partial charge in [-0.25, -0.2) is 13.2 Å². The van der Waals surface area contributed by atoms with Crippen LogP contribution in [0.25, 0.3) is 0 Å². The zero-order valence-electron chi connectivity index (χ0n) is 10.4. The van der Waals surface area contributed by atoms with Gasteiger partial charge in [0.05, 0.1) is 11.4 Å². The predicted octanol–water partition coefficient (Wildman–Crippen LogP) is 2.43. The Balaban J connectivity index is 2.04. The maximum absolute atomic E-state index is 11.9. The van der Waals surface area contributed by atoms with Gasteiger partial charge in [0.25, 0.3) is 0 Å². The molecule has 7 heteroatoms. The van der Waals surface area contributed by atoms with Gasteiger partial charge >= 0.3 is 5.97 Å². The molecule has 0 saturated heterocycles. The summed E-state index contributed by atoms with van der Waals surface area (Å²) in [6.07, 6.45) is 0.378. The molecule has 0 amide bonds. The van der Waals surface area contributed by atoms with Crippen LogP contribution in [-0.2, 0) is 16.4 Å². The third kappa shape index (κ3) is 3.82. The molecule has 1 heterocycles. The standard InChI is InChI=1S/C13H13NO4S2/c15-13(16)12-11(6-8-19-12)14-20(17,18)9-7-10-4-2-1-3-5-10/h1-6,8,14H,7,9H2,(H,15,16). The lowest BCUT2D eigenvalue weighted by atomic mass is 10.2. The van der Waals surface area contributed by atoms with Gasteiger partial charge in [-0.2, -0.15) is 0 Å². The summed E-state index contributed by atoms with van der Waals surface area (Å²) >= 11 is 0.986. The number of carboxylic acids is 1. The molecule has 2 aromatic rings. The Morgan fingerprint density at radius 3 is 2.55 bits per heavy atom. The Morgan fingerprint density at radius 2 is 1.90 bits per heavy atom. The molecule has 1 aromatic heterocycles. The van der Waals surface area contributed by atoms with Gasteiger partial charge in [-0.15, -0.1) is 11.3 Å². The van der Waals surface area contributed by atoms with E-state index >= 15 is 0 Å². The number of hydrogen-bond donors (Lipinski definition) is 2. The second kappa shape index (κ2) is 6.06. The maximum atomic E-state index is 11.9. The number of aromatic carboxylic acids is 1. The van der Waals surface area contributed by atoms with Crippen molar-refractivity contribution in [2.45, 2.75) is 6.42 Å². The third-order valence-electron chi connectivity index (χ3n) is 2.63. The molecule has 0 radical (unpaired) electrons. The molecule has 0 spiro atoms. The molecular weight excluding hydrogens is 298 g/mol. The van der Waals surface area contributed by atoms with Gasteiger partial charge in [0.15, 0.2) is 0 Å². The maximum Gasteiger partial charge on any atom is 0.348 e. The first kappa shape index (κ1) is 14.5. The van der Waals surface area contributed by atoms with Crippen LogP contribution >= 0.6 is 11.3 Å². The normalized spacial score (nSPS) is 11.2. The number of nitrogens with one attached hydrogen (secondary N) is 1. The van der Waals surface area contributed by atoms with Crippen molar-refractivity contribution in [3.05, 3.63) is 52.2 Å². The van der Waals surface area contributed by atoms with Crippen LogP contribution in [0, 0.1) is 0 Å². The van der Waals surface area contributed by atoms with Gasteiger partial charge in [0.2, 0.25) is 10.0 Å². The molecule has 5 nitrogen and oxygen atoms in total. The summed E-state index contributed by atoms with van der Waals surface area (Å²) in [6, 6.07) is 10.7. The molecule has 20 heavy (non-hydrogen) atoms. The van der Waals surface area contributed by atoms with Crippen molar-refractivity contribution in [3.63, 3.8) is 0 Å². The van der Waals surface area contributed by atoms with Crippen molar-refractivity contribution in [1.82, 2.24) is 0 Å². The molecule has 0 bridgehead atoms. The average Bonchev–Trinajstić information content (AvgIpc) is 2.85. The number of thiophene rings is 1. The second-order valence-corrected chi connectivity index (χ2v) is 6.88. The Kier molecular flexibility index (Phi) is 4.41. The van der Waals surface area contributed by atoms with E-state index in [1.807, 2.05) is 30.3 Å². The summed E-state index contributed by atoms with van der Waals surface area (Å²) in [6.45, 7) is 0. The molecule has 0 aliphatic heterocycles. The summed E-state index contributed by atoms with van der Waals surface area (Å²) in [7, 11) is -3.57. The van der Waals surface area contributed by atoms with Crippen LogP contribution in [0.1, 0.15) is 15.2 Å². The molecule has 1 aromatic carbocycles. The number of carboxylic acid groups (broad SMARTS) is 1. The number of anilines is 1. The summed E-state index contributed by atoms with van der Waals surface area (Å²) in [5, 5.41) is 10.5. The number of sulfonamides is 1. The minimum absolute atomic E-state index is 0.00622. The average molecular weight is 311 g/mol. The predicted molar refractivity (Wildman–Crippen MR) is 78.8 cm³/mol. The van der Waals surface area contributed by atoms with E-state index < -0.39 is 16.0 Å². The fraction of sp³-hybridized carbons (Fsp3) is 0.154. The van der Waals surface area contributed by atoms with Gasteiger partial charge in [0, 0.05) is 0 Å². The van der Waals surface area contributed by atoms with Crippen molar-refractivity contribution in [2.24, 2.45) is 0 Å². The monoisotopic (exact) mass is 311 g/mol. The molecule has 0 aliphatic carbocycles. The molecule has 0 saturated carbocycles. The number of carbonyl (C=O) groups is 1. The zero-order valence-corrected chi connectivity index (χ0v) is 12.1. The highest BCUT2D eigenvalue weighted by molar-refractivity contribution is 7.92. The largest absolute Gasteiger partial charge is 0.477 e. The van der Waals surface area contributed by atoms with Crippen molar-refractivity contribution < 1.29 is 18.3 Å². The first-order valence-electron chi connectivity index (χ1n) is 5.83. The molecule has 0 fully saturated rings. The first-order chi connectivity index (χ1) is 9.48. The van der Waals surface area contributed by atoms with Crippen LogP contribution in [0.3, 0.4) is 0 Å². The van der Waals surface area contributed by atoms with E-state index in [0.29, 0.717) is 6.42 Å². The van der Waals surface area contributed by atoms with E-state index in [9.17, 15) is 13.2 Å². The van der Waals surface area contributed by atoms with Gasteiger partial charge in [-0.3, -0.25) is 4.72 Å². The summed E-state index contributed by atoms with van der Waals surface area (Å²) < 4.78 is 26.2. The number of aryl methyl sites for hydroxylation is 1. The molecule has 2 N–H and O–H groups in total. The number of hydrogen-bond acceptors (Lipinski definition) is 4. The van der Waals surface area contributed by atoms with Crippen molar-refractivity contribution in [2.75, 3.05) is 10.5 Å². The number of benzene rings is 1.